The third-order valence-electron chi connectivity index (χ3n) is 4.48. The van der Waals surface area contributed by atoms with Gasteiger partial charge in [-0.25, -0.2) is 9.78 Å². The fraction of sp³-hybridized carbons (Fsp3) is 0.238. The monoisotopic (exact) mass is 536 g/mol. The summed E-state index contributed by atoms with van der Waals surface area (Å²) in [6.45, 7) is 1.40. The Balaban J connectivity index is 2.06. The lowest BCUT2D eigenvalue weighted by Gasteiger charge is -2.10. The number of halogens is 2. The fourth-order valence-electron chi connectivity index (χ4n) is 2.97. The van der Waals surface area contributed by atoms with E-state index in [1.54, 1.807) is 18.2 Å². The summed E-state index contributed by atoms with van der Waals surface area (Å²) >= 11 is 9.51. The zero-order chi connectivity index (χ0) is 24.1. The van der Waals surface area contributed by atoms with Gasteiger partial charge in [-0.05, 0) is 30.7 Å². The second kappa shape index (κ2) is 10.5. The first-order valence-corrected chi connectivity index (χ1v) is 10.8. The van der Waals surface area contributed by atoms with Gasteiger partial charge in [0.2, 0.25) is 5.75 Å². The third kappa shape index (κ3) is 5.55. The van der Waals surface area contributed by atoms with Crippen molar-refractivity contribution in [1.29, 1.82) is 0 Å². The van der Waals surface area contributed by atoms with Gasteiger partial charge in [-0.2, -0.15) is 9.78 Å². The van der Waals surface area contributed by atoms with Crippen LogP contribution in [-0.2, 0) is 16.0 Å². The van der Waals surface area contributed by atoms with Crippen molar-refractivity contribution in [2.75, 3.05) is 13.7 Å². The molecule has 0 saturated carbocycles. The van der Waals surface area contributed by atoms with Crippen LogP contribution in [0.5, 0.6) is 5.75 Å². The highest BCUT2D eigenvalue weighted by atomic mass is 79.9. The molecule has 33 heavy (non-hydrogen) atoms. The predicted octanol–water partition coefficient (Wildman–Crippen LogP) is 4.11. The second-order valence-electron chi connectivity index (χ2n) is 6.77. The molecule has 0 unspecified atom stereocenters. The Labute approximate surface area is 201 Å². The van der Waals surface area contributed by atoms with E-state index in [1.165, 1.54) is 23.0 Å². The molecule has 3 rings (SSSR count). The molecule has 10 nitrogen and oxygen atoms in total. The van der Waals surface area contributed by atoms with Crippen molar-refractivity contribution in [3.05, 3.63) is 71.7 Å². The van der Waals surface area contributed by atoms with E-state index in [4.69, 9.17) is 16.3 Å². The number of aryl methyl sites for hydroxylation is 1. The minimum Gasteiger partial charge on any atom is -0.474 e. The van der Waals surface area contributed by atoms with Gasteiger partial charge in [0.25, 0.3) is 5.56 Å². The Hall–Kier alpha value is -3.31. The summed E-state index contributed by atoms with van der Waals surface area (Å²) in [7, 11) is 1.16. The van der Waals surface area contributed by atoms with E-state index in [1.807, 2.05) is 6.92 Å². The molecule has 0 atom stereocenters. The van der Waals surface area contributed by atoms with Crippen molar-refractivity contribution in [3.63, 3.8) is 0 Å². The van der Waals surface area contributed by atoms with E-state index >= 15 is 0 Å². The molecule has 0 aliphatic rings. The number of esters is 1. The smallest absolute Gasteiger partial charge is 0.343 e. The van der Waals surface area contributed by atoms with E-state index in [9.17, 15) is 19.7 Å². The van der Waals surface area contributed by atoms with Gasteiger partial charge in [0.1, 0.15) is 5.82 Å². The van der Waals surface area contributed by atoms with Crippen molar-refractivity contribution in [3.8, 4) is 5.75 Å². The molecule has 3 aromatic rings. The van der Waals surface area contributed by atoms with Gasteiger partial charge in [0, 0.05) is 22.5 Å². The quantitative estimate of drug-likeness (QED) is 0.183. The molecule has 1 heterocycles. The molecule has 0 radical (unpaired) electrons. The zero-order valence-corrected chi connectivity index (χ0v) is 19.9. The number of hydrogen-bond donors (Lipinski definition) is 0. The van der Waals surface area contributed by atoms with Crippen LogP contribution in [0.15, 0.2) is 44.7 Å². The van der Waals surface area contributed by atoms with Crippen LogP contribution < -0.4 is 10.3 Å². The topological polar surface area (TPSA) is 126 Å². The molecule has 0 amide bonds. The Morgan fingerprint density at radius 2 is 2.12 bits per heavy atom. The van der Waals surface area contributed by atoms with Gasteiger partial charge in [0.15, 0.2) is 6.61 Å². The predicted molar refractivity (Wildman–Crippen MR) is 126 cm³/mol. The molecule has 0 spiro atoms. The first-order chi connectivity index (χ1) is 15.7. The number of hydrogen-bond acceptors (Lipinski definition) is 8. The summed E-state index contributed by atoms with van der Waals surface area (Å²) in [5, 5.41) is 16.0. The van der Waals surface area contributed by atoms with Crippen molar-refractivity contribution >= 4 is 56.3 Å². The number of methoxy groups -OCH3 is 1. The molecule has 0 aliphatic heterocycles. The maximum atomic E-state index is 13.1. The van der Waals surface area contributed by atoms with Gasteiger partial charge in [-0.15, -0.1) is 0 Å². The minimum absolute atomic E-state index is 0.101. The van der Waals surface area contributed by atoms with E-state index < -0.39 is 23.2 Å². The summed E-state index contributed by atoms with van der Waals surface area (Å²) in [5.41, 5.74) is -0.0427. The molecule has 1 aromatic heterocycles. The largest absolute Gasteiger partial charge is 0.474 e. The van der Waals surface area contributed by atoms with Crippen LogP contribution >= 0.6 is 27.5 Å². The first-order valence-electron chi connectivity index (χ1n) is 9.68. The summed E-state index contributed by atoms with van der Waals surface area (Å²) in [6.07, 6.45) is 2.50. The van der Waals surface area contributed by atoms with E-state index in [0.717, 1.165) is 18.0 Å². The first kappa shape index (κ1) is 24.3. The van der Waals surface area contributed by atoms with E-state index in [0.29, 0.717) is 23.1 Å². The maximum absolute atomic E-state index is 13.1. The Kier molecular flexibility index (Phi) is 7.77. The normalized spacial score (nSPS) is 11.2. The summed E-state index contributed by atoms with van der Waals surface area (Å²) in [5.74, 6) is -0.540. The molecular formula is C21H18BrClN4O6. The number of ether oxygens (including phenoxy) is 2. The minimum atomic E-state index is -0.718. The van der Waals surface area contributed by atoms with E-state index in [-0.39, 0.29) is 21.9 Å². The number of nitro groups is 1. The maximum Gasteiger partial charge on any atom is 0.343 e. The number of benzene rings is 2. The molecule has 0 saturated heterocycles. The number of carbonyl (C=O) groups is 1. The Morgan fingerprint density at radius 1 is 1.36 bits per heavy atom. The highest BCUT2D eigenvalue weighted by Gasteiger charge is 2.21. The van der Waals surface area contributed by atoms with Crippen molar-refractivity contribution in [2.45, 2.75) is 19.8 Å². The van der Waals surface area contributed by atoms with Crippen LogP contribution in [0.3, 0.4) is 0 Å². The molecule has 0 bridgehead atoms. The molecule has 0 N–H and O–H groups in total. The van der Waals surface area contributed by atoms with Crippen LogP contribution in [0.25, 0.3) is 10.9 Å². The highest BCUT2D eigenvalue weighted by Crippen LogP contribution is 2.35. The van der Waals surface area contributed by atoms with Crippen LogP contribution in [0.1, 0.15) is 24.7 Å². The SMILES string of the molecule is CCCc1nc2ccc(Br)cc2c(=O)n1N=Cc1cc(Cl)c(OCC(=O)OC)c([N+](=O)[O-])c1. The summed E-state index contributed by atoms with van der Waals surface area (Å²) in [4.78, 5) is 39.7. The standard InChI is InChI=1S/C21H18BrClN4O6/c1-3-4-18-25-16-6-5-13(22)9-14(16)21(29)26(18)24-10-12-7-15(23)20(17(8-12)27(30)31)33-11-19(28)32-2/h5-10H,3-4,11H2,1-2H3. The number of fused-ring (bicyclic) bond motifs is 1. The number of nitro benzene ring substituents is 1. The lowest BCUT2D eigenvalue weighted by atomic mass is 10.2. The number of rotatable bonds is 8. The average Bonchev–Trinajstić information content (AvgIpc) is 2.78. The van der Waals surface area contributed by atoms with Crippen molar-refractivity contribution < 1.29 is 19.2 Å². The van der Waals surface area contributed by atoms with Crippen molar-refractivity contribution in [1.82, 2.24) is 9.66 Å². The van der Waals surface area contributed by atoms with Crippen LogP contribution in [0.4, 0.5) is 5.69 Å². The lowest BCUT2D eigenvalue weighted by Crippen LogP contribution is -2.22. The summed E-state index contributed by atoms with van der Waals surface area (Å²) < 4.78 is 11.5. The molecule has 0 fully saturated rings. The fourth-order valence-corrected chi connectivity index (χ4v) is 3.60. The van der Waals surface area contributed by atoms with Gasteiger partial charge in [0.05, 0.1) is 34.2 Å². The highest BCUT2D eigenvalue weighted by molar-refractivity contribution is 9.10. The van der Waals surface area contributed by atoms with Gasteiger partial charge in [-0.1, -0.05) is 34.5 Å². The molecule has 172 valence electrons. The van der Waals surface area contributed by atoms with E-state index in [2.05, 4.69) is 30.8 Å². The molecule has 0 aliphatic carbocycles. The van der Waals surface area contributed by atoms with Crippen molar-refractivity contribution in [2.24, 2.45) is 5.10 Å². The molecule has 2 aromatic carbocycles. The zero-order valence-electron chi connectivity index (χ0n) is 17.6. The second-order valence-corrected chi connectivity index (χ2v) is 8.10. The molecule has 12 heteroatoms. The number of nitrogens with zero attached hydrogens (tertiary/aromatic N) is 4. The lowest BCUT2D eigenvalue weighted by molar-refractivity contribution is -0.385. The third-order valence-corrected chi connectivity index (χ3v) is 5.25. The van der Waals surface area contributed by atoms with Crippen LogP contribution in [-0.4, -0.2) is 40.5 Å². The number of carbonyl (C=O) groups excluding carboxylic acids is 1. The van der Waals surface area contributed by atoms with Gasteiger partial charge < -0.3 is 9.47 Å². The Bertz CT molecular complexity index is 1320. The van der Waals surface area contributed by atoms with Gasteiger partial charge >= 0.3 is 11.7 Å². The summed E-state index contributed by atoms with van der Waals surface area (Å²) in [6, 6.07) is 7.74. The Morgan fingerprint density at radius 3 is 2.79 bits per heavy atom. The van der Waals surface area contributed by atoms with Crippen LogP contribution in [0, 0.1) is 10.1 Å². The number of aromatic nitrogens is 2. The van der Waals surface area contributed by atoms with Gasteiger partial charge in [-0.3, -0.25) is 14.9 Å². The van der Waals surface area contributed by atoms with Crippen LogP contribution in [0.2, 0.25) is 5.02 Å². The molecular weight excluding hydrogens is 520 g/mol. The average molecular weight is 538 g/mol.